The van der Waals surface area contributed by atoms with Crippen LogP contribution in [0.5, 0.6) is 0 Å². The van der Waals surface area contributed by atoms with Gasteiger partial charge in [-0.3, -0.25) is 4.79 Å². The molecule has 2 aliphatic heterocycles. The summed E-state index contributed by atoms with van der Waals surface area (Å²) in [5, 5.41) is 2.23. The largest absolute Gasteiger partial charge is 0.378 e. The molecule has 2 saturated heterocycles. The van der Waals surface area contributed by atoms with Crippen molar-refractivity contribution >= 4 is 23.2 Å². The number of carbonyl (C=O) groups is 1. The van der Waals surface area contributed by atoms with E-state index in [2.05, 4.69) is 10.3 Å². The molecule has 1 unspecified atom stereocenters. The van der Waals surface area contributed by atoms with E-state index < -0.39 is 0 Å². The monoisotopic (exact) mass is 307 g/mol. The van der Waals surface area contributed by atoms with Gasteiger partial charge < -0.3 is 9.64 Å². The second kappa shape index (κ2) is 6.05. The molecule has 0 radical (unpaired) electrons. The maximum absolute atomic E-state index is 12.6. The Morgan fingerprint density at radius 2 is 1.95 bits per heavy atom. The van der Waals surface area contributed by atoms with Crippen molar-refractivity contribution in [2.45, 2.75) is 13.0 Å². The number of nitrogens with one attached hydrogen (secondary N) is 1. The van der Waals surface area contributed by atoms with Crippen molar-refractivity contribution in [1.82, 2.24) is 10.3 Å². The molecule has 112 valence electrons. The Morgan fingerprint density at radius 3 is 2.62 bits per heavy atom. The van der Waals surface area contributed by atoms with E-state index in [1.165, 1.54) is 0 Å². The number of morpholine rings is 1. The van der Waals surface area contributed by atoms with Gasteiger partial charge in [-0.2, -0.15) is 0 Å². The summed E-state index contributed by atoms with van der Waals surface area (Å²) in [6, 6.07) is 7.20. The van der Waals surface area contributed by atoms with Crippen LogP contribution in [0.2, 0.25) is 5.02 Å². The maximum atomic E-state index is 12.6. The smallest absolute Gasteiger partial charge is 0.271 e. The lowest BCUT2D eigenvalue weighted by atomic mass is 10.1. The molecule has 3 rings (SSSR count). The molecule has 1 amide bonds. The fourth-order valence-corrected chi connectivity index (χ4v) is 2.61. The Morgan fingerprint density at radius 1 is 1.29 bits per heavy atom. The minimum absolute atomic E-state index is 0.0173. The molecule has 1 N–H and O–H groups in total. The van der Waals surface area contributed by atoms with Crippen LogP contribution in [0.15, 0.2) is 36.0 Å². The summed E-state index contributed by atoms with van der Waals surface area (Å²) in [5.41, 5.74) is 4.76. The van der Waals surface area contributed by atoms with E-state index in [-0.39, 0.29) is 11.9 Å². The van der Waals surface area contributed by atoms with Crippen LogP contribution in [0.3, 0.4) is 0 Å². The summed E-state index contributed by atoms with van der Waals surface area (Å²) >= 11 is 5.89. The number of amides is 1. The molecule has 2 aliphatic rings. The van der Waals surface area contributed by atoms with Gasteiger partial charge in [0, 0.05) is 24.3 Å². The molecule has 1 aromatic rings. The van der Waals surface area contributed by atoms with Crippen molar-refractivity contribution in [3.05, 3.63) is 41.1 Å². The number of halogens is 1. The minimum Gasteiger partial charge on any atom is -0.378 e. The van der Waals surface area contributed by atoms with Crippen LogP contribution in [0.4, 0.5) is 5.69 Å². The number of benzene rings is 1. The summed E-state index contributed by atoms with van der Waals surface area (Å²) in [6.07, 6.45) is 1.96. The number of anilines is 1. The highest BCUT2D eigenvalue weighted by Crippen LogP contribution is 2.24. The van der Waals surface area contributed by atoms with Gasteiger partial charge in [-0.1, -0.05) is 11.6 Å². The average Bonchev–Trinajstić information content (AvgIpc) is 2.77. The van der Waals surface area contributed by atoms with Crippen molar-refractivity contribution in [2.75, 3.05) is 31.3 Å². The number of hydrogen-bond acceptors (Lipinski definition) is 4. The summed E-state index contributed by atoms with van der Waals surface area (Å²) in [6.45, 7) is 5.05. The zero-order valence-electron chi connectivity index (χ0n) is 11.9. The third-order valence-electron chi connectivity index (χ3n) is 3.69. The first-order chi connectivity index (χ1) is 10.1. The highest BCUT2D eigenvalue weighted by atomic mass is 35.5. The molecule has 0 saturated carbocycles. The van der Waals surface area contributed by atoms with Crippen LogP contribution in [0, 0.1) is 0 Å². The summed E-state index contributed by atoms with van der Waals surface area (Å²) < 4.78 is 5.33. The Balaban J connectivity index is 1.79. The van der Waals surface area contributed by atoms with Crippen molar-refractivity contribution in [1.29, 1.82) is 0 Å². The quantitative estimate of drug-likeness (QED) is 0.846. The van der Waals surface area contributed by atoms with Crippen LogP contribution >= 0.6 is 11.6 Å². The Kier molecular flexibility index (Phi) is 4.14. The average molecular weight is 308 g/mol. The van der Waals surface area contributed by atoms with Crippen LogP contribution in [0.25, 0.3) is 0 Å². The summed E-state index contributed by atoms with van der Waals surface area (Å²) in [5.74, 6) is -0.0173. The minimum atomic E-state index is -0.0176. The van der Waals surface area contributed by atoms with Crippen LogP contribution in [-0.2, 0) is 9.53 Å². The van der Waals surface area contributed by atoms with Crippen LogP contribution in [-0.4, -0.2) is 43.2 Å². The second-order valence-electron chi connectivity index (χ2n) is 5.20. The molecule has 21 heavy (non-hydrogen) atoms. The van der Waals surface area contributed by atoms with Crippen LogP contribution in [0.1, 0.15) is 6.92 Å². The fraction of sp³-hybridized carbons (Fsp3) is 0.400. The van der Waals surface area contributed by atoms with Gasteiger partial charge in [-0.05, 0) is 31.2 Å². The predicted octanol–water partition coefficient (Wildman–Crippen LogP) is 1.80. The normalized spacial score (nSPS) is 25.0. The third-order valence-corrected chi connectivity index (χ3v) is 3.94. The number of rotatable bonds is 2. The van der Waals surface area contributed by atoms with Crippen molar-refractivity contribution in [2.24, 2.45) is 0 Å². The molecular formula is C15H18ClN3O2. The molecule has 1 aromatic carbocycles. The summed E-state index contributed by atoms with van der Waals surface area (Å²) in [7, 11) is 0. The highest BCUT2D eigenvalue weighted by Gasteiger charge is 2.33. The van der Waals surface area contributed by atoms with Crippen molar-refractivity contribution in [3.8, 4) is 0 Å². The fourth-order valence-electron chi connectivity index (χ4n) is 2.49. The maximum Gasteiger partial charge on any atom is 0.271 e. The zero-order valence-corrected chi connectivity index (χ0v) is 12.6. The predicted molar refractivity (Wildman–Crippen MR) is 82.0 cm³/mol. The number of carbonyl (C=O) groups excluding carboxylic acids is 1. The Labute approximate surface area is 129 Å². The molecule has 5 nitrogen and oxygen atoms in total. The van der Waals surface area contributed by atoms with Gasteiger partial charge in [0.25, 0.3) is 5.91 Å². The standard InChI is InChI=1S/C15H18ClN3O2/c1-11-14(10-18-6-8-21-9-7-18)15(20)19(17-11)13-4-2-12(16)3-5-13/h2-5,10-11,17H,6-9H2,1H3. The van der Waals surface area contributed by atoms with Gasteiger partial charge >= 0.3 is 0 Å². The molecule has 0 spiro atoms. The molecule has 6 heteroatoms. The van der Waals surface area contributed by atoms with E-state index >= 15 is 0 Å². The van der Waals surface area contributed by atoms with Gasteiger partial charge in [-0.15, -0.1) is 0 Å². The van der Waals surface area contributed by atoms with E-state index in [0.717, 1.165) is 24.4 Å². The van der Waals surface area contributed by atoms with Gasteiger partial charge in [0.05, 0.1) is 30.5 Å². The van der Waals surface area contributed by atoms with Crippen LogP contribution < -0.4 is 10.4 Å². The molecule has 0 bridgehead atoms. The zero-order chi connectivity index (χ0) is 14.8. The molecule has 1 atom stereocenters. The Bertz CT molecular complexity index is 553. The number of hydrogen-bond donors (Lipinski definition) is 1. The lowest BCUT2D eigenvalue weighted by Crippen LogP contribution is -2.36. The molecule has 2 fully saturated rings. The van der Waals surface area contributed by atoms with E-state index in [1.807, 2.05) is 25.3 Å². The molecule has 0 aromatic heterocycles. The second-order valence-corrected chi connectivity index (χ2v) is 5.64. The number of hydrazine groups is 1. The topological polar surface area (TPSA) is 44.8 Å². The van der Waals surface area contributed by atoms with E-state index in [0.29, 0.717) is 18.2 Å². The first-order valence-electron chi connectivity index (χ1n) is 7.05. The lowest BCUT2D eigenvalue weighted by molar-refractivity contribution is -0.114. The van der Waals surface area contributed by atoms with Crippen molar-refractivity contribution < 1.29 is 9.53 Å². The molecular weight excluding hydrogens is 290 g/mol. The van der Waals surface area contributed by atoms with E-state index in [1.54, 1.807) is 17.1 Å². The first kappa shape index (κ1) is 14.4. The molecule has 0 aliphatic carbocycles. The van der Waals surface area contributed by atoms with Gasteiger partial charge in [-0.25, -0.2) is 10.4 Å². The number of nitrogens with zero attached hydrogens (tertiary/aromatic N) is 2. The van der Waals surface area contributed by atoms with E-state index in [9.17, 15) is 4.79 Å². The number of ether oxygens (including phenoxy) is 1. The lowest BCUT2D eigenvalue weighted by Gasteiger charge is -2.25. The van der Waals surface area contributed by atoms with Gasteiger partial charge in [0.1, 0.15) is 0 Å². The molecule has 2 heterocycles. The highest BCUT2D eigenvalue weighted by molar-refractivity contribution is 6.30. The van der Waals surface area contributed by atoms with Gasteiger partial charge in [0.15, 0.2) is 0 Å². The van der Waals surface area contributed by atoms with Crippen molar-refractivity contribution in [3.63, 3.8) is 0 Å². The SMILES string of the molecule is CC1NN(c2ccc(Cl)cc2)C(=O)C1=CN1CCOCC1. The Hall–Kier alpha value is -1.56. The van der Waals surface area contributed by atoms with E-state index in [4.69, 9.17) is 16.3 Å². The summed E-state index contributed by atoms with van der Waals surface area (Å²) in [4.78, 5) is 14.7. The third kappa shape index (κ3) is 3.05. The van der Waals surface area contributed by atoms with Gasteiger partial charge in [0.2, 0.25) is 0 Å². The first-order valence-corrected chi connectivity index (χ1v) is 7.42.